The first-order chi connectivity index (χ1) is 12.1. The number of aromatic nitrogens is 2. The number of hydrogen-bond acceptors (Lipinski definition) is 4. The minimum absolute atomic E-state index is 0.234. The number of carbonyl (C=O) groups is 1. The van der Waals surface area contributed by atoms with Crippen molar-refractivity contribution in [1.29, 1.82) is 0 Å². The fourth-order valence-corrected chi connectivity index (χ4v) is 3.32. The van der Waals surface area contributed by atoms with Crippen molar-refractivity contribution in [3.63, 3.8) is 0 Å². The maximum absolute atomic E-state index is 12.3. The molecule has 128 valence electrons. The molecule has 2 aromatic carbocycles. The fraction of sp³-hybridized carbons (Fsp3) is 0.167. The molecule has 0 spiro atoms. The quantitative estimate of drug-likeness (QED) is 0.650. The second-order valence-corrected chi connectivity index (χ2v) is 6.92. The molecule has 1 amide bonds. The molecule has 0 aliphatic carbocycles. The highest BCUT2D eigenvalue weighted by molar-refractivity contribution is 7.98. The van der Waals surface area contributed by atoms with Gasteiger partial charge >= 0.3 is 0 Å². The van der Waals surface area contributed by atoms with E-state index in [9.17, 15) is 9.59 Å². The first-order valence-electron chi connectivity index (χ1n) is 7.73. The number of fused-ring (bicyclic) bond motifs is 1. The summed E-state index contributed by atoms with van der Waals surface area (Å²) in [5, 5.41) is 10.8. The van der Waals surface area contributed by atoms with Crippen LogP contribution in [-0.2, 0) is 5.75 Å². The smallest absolute Gasteiger partial charge is 0.272 e. The van der Waals surface area contributed by atoms with E-state index in [2.05, 4.69) is 15.5 Å². The molecule has 5 nitrogen and oxygen atoms in total. The lowest BCUT2D eigenvalue weighted by atomic mass is 10.1. The molecule has 0 aliphatic heterocycles. The van der Waals surface area contributed by atoms with Gasteiger partial charge in [-0.05, 0) is 23.8 Å². The normalized spacial score (nSPS) is 10.8. The Morgan fingerprint density at radius 2 is 1.84 bits per heavy atom. The Labute approximate surface area is 153 Å². The van der Waals surface area contributed by atoms with Crippen LogP contribution in [0.2, 0.25) is 5.02 Å². The Kier molecular flexibility index (Phi) is 5.73. The number of thioether (sulfide) groups is 1. The van der Waals surface area contributed by atoms with Crippen molar-refractivity contribution in [2.45, 2.75) is 5.75 Å². The van der Waals surface area contributed by atoms with Crippen LogP contribution in [0.15, 0.2) is 53.3 Å². The van der Waals surface area contributed by atoms with Gasteiger partial charge in [0.25, 0.3) is 11.5 Å². The average Bonchev–Trinajstić information content (AvgIpc) is 2.63. The fourth-order valence-electron chi connectivity index (χ4n) is 2.38. The number of amides is 1. The Morgan fingerprint density at radius 3 is 2.60 bits per heavy atom. The first-order valence-corrected chi connectivity index (χ1v) is 9.26. The molecule has 7 heteroatoms. The largest absolute Gasteiger partial charge is 0.350 e. The Balaban J connectivity index is 1.54. The summed E-state index contributed by atoms with van der Waals surface area (Å²) >= 11 is 7.58. The van der Waals surface area contributed by atoms with Crippen LogP contribution >= 0.6 is 23.4 Å². The van der Waals surface area contributed by atoms with Gasteiger partial charge in [-0.1, -0.05) is 41.9 Å². The van der Waals surface area contributed by atoms with Crippen molar-refractivity contribution >= 4 is 40.0 Å². The van der Waals surface area contributed by atoms with Gasteiger partial charge in [0.2, 0.25) is 0 Å². The molecule has 3 aromatic rings. The number of rotatable bonds is 6. The van der Waals surface area contributed by atoms with E-state index < -0.39 is 0 Å². The summed E-state index contributed by atoms with van der Waals surface area (Å²) in [6, 6.07) is 14.7. The molecule has 0 aliphatic rings. The standard InChI is InChI=1S/C18H16ClN3O2S/c19-13-7-5-12(6-8-13)11-25-10-9-20-18(24)16-14-3-1-2-4-15(14)17(23)22-21-16/h1-8H,9-11H2,(H,20,24)(H,22,23). The number of hydrogen-bond donors (Lipinski definition) is 2. The molecule has 0 saturated carbocycles. The molecule has 1 heterocycles. The van der Waals surface area contributed by atoms with E-state index in [0.717, 1.165) is 16.5 Å². The summed E-state index contributed by atoms with van der Waals surface area (Å²) in [7, 11) is 0. The molecule has 0 saturated heterocycles. The molecule has 0 unspecified atom stereocenters. The number of aromatic amines is 1. The molecular formula is C18H16ClN3O2S. The number of nitrogens with zero attached hydrogens (tertiary/aromatic N) is 1. The molecule has 0 atom stereocenters. The van der Waals surface area contributed by atoms with E-state index in [4.69, 9.17) is 11.6 Å². The lowest BCUT2D eigenvalue weighted by Crippen LogP contribution is -2.28. The summed E-state index contributed by atoms with van der Waals surface area (Å²) in [6.07, 6.45) is 0. The zero-order valence-corrected chi connectivity index (χ0v) is 14.9. The Bertz CT molecular complexity index is 941. The van der Waals surface area contributed by atoms with Gasteiger partial charge in [0.1, 0.15) is 0 Å². The lowest BCUT2D eigenvalue weighted by molar-refractivity contribution is 0.0952. The highest BCUT2D eigenvalue weighted by atomic mass is 35.5. The lowest BCUT2D eigenvalue weighted by Gasteiger charge is -2.07. The summed E-state index contributed by atoms with van der Waals surface area (Å²) in [5.74, 6) is 1.34. The molecule has 0 radical (unpaired) electrons. The van der Waals surface area contributed by atoms with Crippen LogP contribution < -0.4 is 10.9 Å². The van der Waals surface area contributed by atoms with E-state index >= 15 is 0 Å². The Hall–Kier alpha value is -2.31. The van der Waals surface area contributed by atoms with Crippen molar-refractivity contribution in [3.05, 3.63) is 75.2 Å². The van der Waals surface area contributed by atoms with Crippen LogP contribution in [0.25, 0.3) is 10.8 Å². The van der Waals surface area contributed by atoms with Crippen molar-refractivity contribution in [3.8, 4) is 0 Å². The van der Waals surface area contributed by atoms with Crippen LogP contribution in [-0.4, -0.2) is 28.4 Å². The van der Waals surface area contributed by atoms with Crippen LogP contribution in [0.1, 0.15) is 16.1 Å². The zero-order chi connectivity index (χ0) is 17.6. The van der Waals surface area contributed by atoms with Gasteiger partial charge in [-0.2, -0.15) is 16.9 Å². The molecule has 25 heavy (non-hydrogen) atoms. The maximum atomic E-state index is 12.3. The predicted molar refractivity (Wildman–Crippen MR) is 102 cm³/mol. The van der Waals surface area contributed by atoms with Crippen LogP contribution in [0, 0.1) is 0 Å². The summed E-state index contributed by atoms with van der Waals surface area (Å²) in [5.41, 5.74) is 1.12. The molecule has 3 rings (SSSR count). The molecule has 1 aromatic heterocycles. The van der Waals surface area contributed by atoms with E-state index in [1.807, 2.05) is 24.3 Å². The highest BCUT2D eigenvalue weighted by Gasteiger charge is 2.13. The van der Waals surface area contributed by atoms with Gasteiger partial charge in [-0.15, -0.1) is 0 Å². The van der Waals surface area contributed by atoms with Crippen LogP contribution in [0.3, 0.4) is 0 Å². The number of carbonyl (C=O) groups excluding carboxylic acids is 1. The van der Waals surface area contributed by atoms with Gasteiger partial charge < -0.3 is 5.32 Å². The number of halogens is 1. The average molecular weight is 374 g/mol. The molecule has 2 N–H and O–H groups in total. The molecule has 0 fully saturated rings. The minimum Gasteiger partial charge on any atom is -0.350 e. The van der Waals surface area contributed by atoms with Crippen molar-refractivity contribution in [2.24, 2.45) is 0 Å². The predicted octanol–water partition coefficient (Wildman–Crippen LogP) is 3.24. The van der Waals surface area contributed by atoms with Gasteiger partial charge in [-0.3, -0.25) is 9.59 Å². The van der Waals surface area contributed by atoms with Crippen LogP contribution in [0.5, 0.6) is 0 Å². The van der Waals surface area contributed by atoms with E-state index in [-0.39, 0.29) is 17.2 Å². The van der Waals surface area contributed by atoms with E-state index in [1.165, 1.54) is 5.56 Å². The Morgan fingerprint density at radius 1 is 1.12 bits per heavy atom. The zero-order valence-electron chi connectivity index (χ0n) is 13.3. The highest BCUT2D eigenvalue weighted by Crippen LogP contribution is 2.15. The van der Waals surface area contributed by atoms with Gasteiger partial charge in [0.15, 0.2) is 5.69 Å². The summed E-state index contributed by atoms with van der Waals surface area (Å²) in [4.78, 5) is 24.1. The monoisotopic (exact) mass is 373 g/mol. The third-order valence-corrected chi connectivity index (χ3v) is 4.91. The SMILES string of the molecule is O=C(NCCSCc1ccc(Cl)cc1)c1n[nH]c(=O)c2ccccc12. The van der Waals surface area contributed by atoms with Gasteiger partial charge in [0.05, 0.1) is 5.39 Å². The van der Waals surface area contributed by atoms with Crippen LogP contribution in [0.4, 0.5) is 0 Å². The van der Waals surface area contributed by atoms with Crippen molar-refractivity contribution < 1.29 is 4.79 Å². The van der Waals surface area contributed by atoms with Gasteiger partial charge in [0, 0.05) is 28.5 Å². The minimum atomic E-state index is -0.300. The topological polar surface area (TPSA) is 74.8 Å². The maximum Gasteiger partial charge on any atom is 0.272 e. The summed E-state index contributed by atoms with van der Waals surface area (Å²) < 4.78 is 0. The second kappa shape index (κ2) is 8.18. The van der Waals surface area contributed by atoms with Crippen molar-refractivity contribution in [2.75, 3.05) is 12.3 Å². The van der Waals surface area contributed by atoms with Crippen molar-refractivity contribution in [1.82, 2.24) is 15.5 Å². The number of H-pyrrole nitrogens is 1. The third-order valence-electron chi connectivity index (χ3n) is 3.63. The first kappa shape index (κ1) is 17.5. The molecular weight excluding hydrogens is 358 g/mol. The number of nitrogens with one attached hydrogen (secondary N) is 2. The molecule has 0 bridgehead atoms. The van der Waals surface area contributed by atoms with Gasteiger partial charge in [-0.25, -0.2) is 5.10 Å². The van der Waals surface area contributed by atoms with E-state index in [1.54, 1.807) is 36.0 Å². The summed E-state index contributed by atoms with van der Waals surface area (Å²) in [6.45, 7) is 0.520. The third kappa shape index (κ3) is 4.41. The second-order valence-electron chi connectivity index (χ2n) is 5.38. The number of benzene rings is 2. The van der Waals surface area contributed by atoms with E-state index in [0.29, 0.717) is 17.3 Å².